The predicted molar refractivity (Wildman–Crippen MR) is 114 cm³/mol. The number of carbonyl (C=O) groups excluding carboxylic acids is 1. The zero-order valence-corrected chi connectivity index (χ0v) is 17.5. The summed E-state index contributed by atoms with van der Waals surface area (Å²) < 4.78 is 11.2. The topological polar surface area (TPSA) is 60.5 Å². The molecule has 7 heteroatoms. The van der Waals surface area contributed by atoms with Crippen LogP contribution in [0.25, 0.3) is 10.9 Å². The highest BCUT2D eigenvalue weighted by Gasteiger charge is 2.27. The van der Waals surface area contributed by atoms with Gasteiger partial charge < -0.3 is 14.8 Å². The molecule has 146 valence electrons. The van der Waals surface area contributed by atoms with Crippen LogP contribution in [-0.2, 0) is 9.53 Å². The number of carbonyl (C=O) groups is 1. The molecule has 0 saturated carbocycles. The smallest absolute Gasteiger partial charge is 0.272 e. The number of halogens is 1. The number of nitrogens with zero attached hydrogens (tertiary/aromatic N) is 1. The zero-order chi connectivity index (χ0) is 20.7. The lowest BCUT2D eigenvalue weighted by Gasteiger charge is -2.28. The van der Waals surface area contributed by atoms with Crippen LogP contribution < -0.4 is 10.1 Å². The maximum atomic E-state index is 12.7. The van der Waals surface area contributed by atoms with E-state index in [4.69, 9.17) is 33.9 Å². The summed E-state index contributed by atoms with van der Waals surface area (Å²) in [5.41, 5.74) is -0.125. The molecule has 1 unspecified atom stereocenters. The summed E-state index contributed by atoms with van der Waals surface area (Å²) in [5.74, 6) is 5.10. The monoisotopic (exact) mass is 416 g/mol. The van der Waals surface area contributed by atoms with Gasteiger partial charge in [-0.2, -0.15) is 0 Å². The minimum atomic E-state index is -0.774. The third-order valence-corrected chi connectivity index (χ3v) is 4.68. The molecule has 0 aliphatic rings. The van der Waals surface area contributed by atoms with E-state index in [1.165, 1.54) is 11.8 Å². The molecule has 28 heavy (non-hydrogen) atoms. The van der Waals surface area contributed by atoms with Crippen molar-refractivity contribution < 1.29 is 14.3 Å². The Morgan fingerprint density at radius 1 is 1.39 bits per heavy atom. The molecule has 1 heterocycles. The van der Waals surface area contributed by atoms with Crippen molar-refractivity contribution in [2.45, 2.75) is 24.8 Å². The van der Waals surface area contributed by atoms with Crippen molar-refractivity contribution in [3.63, 3.8) is 0 Å². The van der Waals surface area contributed by atoms with Crippen LogP contribution in [0.3, 0.4) is 0 Å². The Morgan fingerprint density at radius 3 is 2.79 bits per heavy atom. The van der Waals surface area contributed by atoms with Gasteiger partial charge in [0, 0.05) is 23.2 Å². The minimum absolute atomic E-state index is 0.186. The van der Waals surface area contributed by atoms with E-state index < -0.39 is 11.0 Å². The van der Waals surface area contributed by atoms with Gasteiger partial charge in [-0.1, -0.05) is 23.4 Å². The van der Waals surface area contributed by atoms with E-state index in [2.05, 4.69) is 22.1 Å². The minimum Gasteiger partial charge on any atom is -0.470 e. The van der Waals surface area contributed by atoms with Gasteiger partial charge in [-0.15, -0.1) is 24.6 Å². The lowest BCUT2D eigenvalue weighted by atomic mass is 10.1. The van der Waals surface area contributed by atoms with E-state index in [0.29, 0.717) is 21.9 Å². The molecular formula is C21H21ClN2O3S. The molecule has 2 aromatic rings. The van der Waals surface area contributed by atoms with Gasteiger partial charge in [-0.3, -0.25) is 9.78 Å². The van der Waals surface area contributed by atoms with Crippen molar-refractivity contribution in [3.05, 3.63) is 35.0 Å². The second-order valence-corrected chi connectivity index (χ2v) is 7.91. The summed E-state index contributed by atoms with van der Waals surface area (Å²) in [5, 5.41) is 4.06. The highest BCUT2D eigenvalue weighted by Crippen LogP contribution is 2.30. The highest BCUT2D eigenvalue weighted by atomic mass is 35.5. The fourth-order valence-electron chi connectivity index (χ4n) is 2.45. The lowest BCUT2D eigenvalue weighted by molar-refractivity contribution is -0.126. The summed E-state index contributed by atoms with van der Waals surface area (Å²) in [7, 11) is 0. The average molecular weight is 417 g/mol. The summed E-state index contributed by atoms with van der Waals surface area (Å²) in [6.45, 7) is 4.16. The largest absolute Gasteiger partial charge is 0.470 e. The van der Waals surface area contributed by atoms with Gasteiger partial charge in [-0.25, -0.2) is 0 Å². The van der Waals surface area contributed by atoms with Crippen LogP contribution in [0.15, 0.2) is 24.4 Å². The fourth-order valence-corrected chi connectivity index (χ4v) is 3.20. The normalized spacial score (nSPS) is 12.1. The van der Waals surface area contributed by atoms with Gasteiger partial charge in [0.25, 0.3) is 5.91 Å². The number of terminal acetylenes is 2. The van der Waals surface area contributed by atoms with Crippen molar-refractivity contribution in [3.8, 4) is 30.4 Å². The molecule has 1 aromatic carbocycles. The van der Waals surface area contributed by atoms with Gasteiger partial charge in [0.15, 0.2) is 0 Å². The predicted octanol–water partition coefficient (Wildman–Crippen LogP) is 3.48. The van der Waals surface area contributed by atoms with Gasteiger partial charge in [0.1, 0.15) is 12.4 Å². The third kappa shape index (κ3) is 5.81. The number of nitrogens with one attached hydrogen (secondary N) is 1. The second kappa shape index (κ2) is 9.71. The third-order valence-electron chi connectivity index (χ3n) is 3.66. The van der Waals surface area contributed by atoms with Crippen molar-refractivity contribution in [1.29, 1.82) is 0 Å². The summed E-state index contributed by atoms with van der Waals surface area (Å²) in [4.78, 5) is 16.9. The molecular weight excluding hydrogens is 396 g/mol. The lowest BCUT2D eigenvalue weighted by Crippen LogP contribution is -2.51. The Morgan fingerprint density at radius 2 is 2.14 bits per heavy atom. The Hall–Kier alpha value is -2.38. The average Bonchev–Trinajstić information content (AvgIpc) is 2.65. The first-order chi connectivity index (χ1) is 13.3. The van der Waals surface area contributed by atoms with Crippen molar-refractivity contribution in [1.82, 2.24) is 10.3 Å². The molecule has 0 aliphatic heterocycles. The van der Waals surface area contributed by atoms with Gasteiger partial charge >= 0.3 is 0 Å². The number of fused-ring (bicyclic) bond motifs is 1. The van der Waals surface area contributed by atoms with E-state index >= 15 is 0 Å². The number of amides is 1. The maximum absolute atomic E-state index is 12.7. The van der Waals surface area contributed by atoms with Gasteiger partial charge in [0.2, 0.25) is 5.44 Å². The number of pyridine rings is 1. The fraction of sp³-hybridized carbons (Fsp3) is 0.333. The molecule has 0 saturated heterocycles. The van der Waals surface area contributed by atoms with Crippen LogP contribution in [0.2, 0.25) is 5.02 Å². The van der Waals surface area contributed by atoms with E-state index in [9.17, 15) is 4.79 Å². The first-order valence-electron chi connectivity index (χ1n) is 8.38. The zero-order valence-electron chi connectivity index (χ0n) is 15.9. The number of hydrogen-bond acceptors (Lipinski definition) is 5. The van der Waals surface area contributed by atoms with Gasteiger partial charge in [-0.05, 0) is 32.2 Å². The molecule has 0 bridgehead atoms. The summed E-state index contributed by atoms with van der Waals surface area (Å²) in [6.07, 6.45) is 14.0. The van der Waals surface area contributed by atoms with Crippen LogP contribution in [-0.4, -0.2) is 41.3 Å². The Labute approximate surface area is 174 Å². The second-order valence-electron chi connectivity index (χ2n) is 6.60. The first kappa shape index (κ1) is 21.9. The Kier molecular flexibility index (Phi) is 7.60. The molecule has 0 fully saturated rings. The Bertz CT molecular complexity index is 947. The van der Waals surface area contributed by atoms with E-state index in [1.54, 1.807) is 30.7 Å². The molecule has 1 amide bonds. The number of hydrogen-bond donors (Lipinski definition) is 1. The standard InChI is InChI=1S/C21H21ClN2O3S/c1-6-8-26-13-21(3,4)24-19(25)20(28-5)27-16-10-15-9-14(7-2)12-23-18(15)17(22)11-16/h1-2,9-12,20H,8,13H2,3-5H3,(H,24,25). The number of aromatic nitrogens is 1. The molecule has 1 atom stereocenters. The number of rotatable bonds is 8. The number of thioether (sulfide) groups is 1. The van der Waals surface area contributed by atoms with E-state index in [1.807, 2.05) is 13.8 Å². The van der Waals surface area contributed by atoms with E-state index in [0.717, 1.165) is 5.39 Å². The highest BCUT2D eigenvalue weighted by molar-refractivity contribution is 7.99. The van der Waals surface area contributed by atoms with Crippen LogP contribution in [0, 0.1) is 24.7 Å². The van der Waals surface area contributed by atoms with Crippen molar-refractivity contribution in [2.24, 2.45) is 0 Å². The number of ether oxygens (including phenoxy) is 2. The van der Waals surface area contributed by atoms with Crippen molar-refractivity contribution in [2.75, 3.05) is 19.5 Å². The summed E-state index contributed by atoms with van der Waals surface area (Å²) in [6, 6.07) is 5.18. The molecule has 1 aromatic heterocycles. The molecule has 5 nitrogen and oxygen atoms in total. The first-order valence-corrected chi connectivity index (χ1v) is 10.0. The Balaban J connectivity index is 2.16. The van der Waals surface area contributed by atoms with Gasteiger partial charge in [0.05, 0.1) is 22.7 Å². The molecule has 2 rings (SSSR count). The van der Waals surface area contributed by atoms with Crippen LogP contribution in [0.4, 0.5) is 0 Å². The SMILES string of the molecule is C#CCOCC(C)(C)NC(=O)C(Oc1cc(Cl)c2ncc(C#C)cc2c1)SC. The molecule has 0 radical (unpaired) electrons. The summed E-state index contributed by atoms with van der Waals surface area (Å²) >= 11 is 7.57. The molecule has 1 N–H and O–H groups in total. The van der Waals surface area contributed by atoms with Crippen LogP contribution >= 0.6 is 23.4 Å². The number of benzene rings is 1. The molecule has 0 spiro atoms. The van der Waals surface area contributed by atoms with Crippen molar-refractivity contribution >= 4 is 40.2 Å². The maximum Gasteiger partial charge on any atom is 0.272 e. The quantitative estimate of drug-likeness (QED) is 0.405. The molecule has 0 aliphatic carbocycles. The van der Waals surface area contributed by atoms with Crippen LogP contribution in [0.5, 0.6) is 5.75 Å². The van der Waals surface area contributed by atoms with E-state index in [-0.39, 0.29) is 19.1 Å². The van der Waals surface area contributed by atoms with Crippen LogP contribution in [0.1, 0.15) is 19.4 Å².